The Morgan fingerprint density at radius 3 is 2.50 bits per heavy atom. The van der Waals surface area contributed by atoms with Crippen LogP contribution in [0.5, 0.6) is 0 Å². The van der Waals surface area contributed by atoms with Crippen molar-refractivity contribution in [3.8, 4) is 24.1 Å². The van der Waals surface area contributed by atoms with E-state index in [0.717, 1.165) is 40.9 Å². The quantitative estimate of drug-likeness (QED) is 0.517. The summed E-state index contributed by atoms with van der Waals surface area (Å²) in [7, 11) is 0.298. The Kier molecular flexibility index (Phi) is 8.47. The Morgan fingerprint density at radius 2 is 1.78 bits per heavy atom. The predicted molar refractivity (Wildman–Crippen MR) is 146 cm³/mol. The van der Waals surface area contributed by atoms with Gasteiger partial charge in [0.05, 0.1) is 24.7 Å². The van der Waals surface area contributed by atoms with Crippen LogP contribution in [0.25, 0.3) is 22.2 Å². The summed E-state index contributed by atoms with van der Waals surface area (Å²) in [4.78, 5) is 21.1. The topological polar surface area (TPSA) is 68.9 Å². The summed E-state index contributed by atoms with van der Waals surface area (Å²) in [5.74, 6) is -0.0148. The standard InChI is InChI=1S/C26H32N4O3S.C2H2/c1-19-5-6-20-16-24(27-23(20)15-19)22-17-21(7-8-25(22)29-9-3-4-10-29)34(32)28(2)18-26(31)30-11-13-33-14-12-30;1-2/h5-8,15-17,27H,3-4,9-14,18H2,1-2H3;1-2H. The summed E-state index contributed by atoms with van der Waals surface area (Å²) >= 11 is 0. The number of ether oxygens (including phenoxy) is 1. The third-order valence-corrected chi connectivity index (χ3v) is 8.04. The maximum absolute atomic E-state index is 13.4. The zero-order valence-electron chi connectivity index (χ0n) is 21.0. The fourth-order valence-electron chi connectivity index (χ4n) is 4.80. The van der Waals surface area contributed by atoms with Crippen LogP contribution in [-0.2, 0) is 20.5 Å². The zero-order chi connectivity index (χ0) is 25.7. The lowest BCUT2D eigenvalue weighted by Crippen LogP contribution is -2.45. The molecule has 0 spiro atoms. The van der Waals surface area contributed by atoms with Gasteiger partial charge in [-0.15, -0.1) is 12.8 Å². The summed E-state index contributed by atoms with van der Waals surface area (Å²) in [5.41, 5.74) is 5.54. The highest BCUT2D eigenvalue weighted by Gasteiger charge is 2.23. The van der Waals surface area contributed by atoms with E-state index in [-0.39, 0.29) is 12.5 Å². The zero-order valence-corrected chi connectivity index (χ0v) is 21.9. The first-order valence-electron chi connectivity index (χ1n) is 12.3. The Labute approximate surface area is 216 Å². The normalized spacial score (nSPS) is 16.7. The van der Waals surface area contributed by atoms with Crippen molar-refractivity contribution in [2.45, 2.75) is 24.7 Å². The van der Waals surface area contributed by atoms with E-state index in [0.29, 0.717) is 31.2 Å². The maximum atomic E-state index is 13.4. The molecule has 0 radical (unpaired) electrons. The number of benzene rings is 2. The van der Waals surface area contributed by atoms with Gasteiger partial charge >= 0.3 is 0 Å². The number of likely N-dealkylation sites (N-methyl/N-ethyl adjacent to an activating group) is 1. The molecule has 36 heavy (non-hydrogen) atoms. The average molecular weight is 507 g/mol. The number of nitrogens with zero attached hydrogens (tertiary/aromatic N) is 3. The number of aryl methyl sites for hydroxylation is 1. The number of hydrogen-bond donors (Lipinski definition) is 1. The van der Waals surface area contributed by atoms with Crippen LogP contribution in [0.4, 0.5) is 5.69 Å². The molecule has 2 aliphatic rings. The third-order valence-electron chi connectivity index (χ3n) is 6.69. The van der Waals surface area contributed by atoms with Crippen molar-refractivity contribution in [2.24, 2.45) is 0 Å². The molecule has 3 heterocycles. The number of carbonyl (C=O) groups excluding carboxylic acids is 1. The summed E-state index contributed by atoms with van der Waals surface area (Å²) in [5, 5.41) is 1.16. The molecule has 1 atom stereocenters. The highest BCUT2D eigenvalue weighted by molar-refractivity contribution is 7.82. The average Bonchev–Trinajstić information content (AvgIpc) is 3.59. The molecule has 2 fully saturated rings. The molecular formula is C28H34N4O3S. The van der Waals surface area contributed by atoms with Gasteiger partial charge in [0, 0.05) is 61.1 Å². The lowest BCUT2D eigenvalue weighted by atomic mass is 10.1. The number of H-pyrrole nitrogens is 1. The molecule has 2 saturated heterocycles. The number of amides is 1. The minimum atomic E-state index is -1.45. The van der Waals surface area contributed by atoms with Crippen molar-refractivity contribution in [3.05, 3.63) is 48.0 Å². The second-order valence-electron chi connectivity index (χ2n) is 9.18. The number of hydrogen-bond acceptors (Lipinski definition) is 4. The lowest BCUT2D eigenvalue weighted by molar-refractivity contribution is -0.135. The van der Waals surface area contributed by atoms with Crippen LogP contribution < -0.4 is 4.90 Å². The van der Waals surface area contributed by atoms with Crippen molar-refractivity contribution < 1.29 is 13.7 Å². The molecule has 1 amide bonds. The van der Waals surface area contributed by atoms with Crippen molar-refractivity contribution in [1.82, 2.24) is 14.2 Å². The number of rotatable bonds is 6. The molecule has 1 unspecified atom stereocenters. The van der Waals surface area contributed by atoms with Crippen molar-refractivity contribution in [3.63, 3.8) is 0 Å². The molecule has 3 aromatic rings. The molecule has 190 valence electrons. The number of anilines is 1. The van der Waals surface area contributed by atoms with Gasteiger partial charge in [-0.2, -0.15) is 0 Å². The van der Waals surface area contributed by atoms with Crippen LogP contribution >= 0.6 is 0 Å². The van der Waals surface area contributed by atoms with E-state index in [4.69, 9.17) is 4.74 Å². The van der Waals surface area contributed by atoms with Crippen LogP contribution in [0, 0.1) is 19.8 Å². The number of nitrogens with one attached hydrogen (secondary N) is 1. The van der Waals surface area contributed by atoms with E-state index in [1.54, 1.807) is 16.3 Å². The van der Waals surface area contributed by atoms with Gasteiger partial charge in [-0.1, -0.05) is 12.1 Å². The van der Waals surface area contributed by atoms with Crippen LogP contribution in [0.2, 0.25) is 0 Å². The number of carbonyl (C=O) groups is 1. The molecule has 7 nitrogen and oxygen atoms in total. The molecule has 2 aromatic carbocycles. The molecule has 2 aliphatic heterocycles. The Bertz CT molecular complexity index is 1260. The summed E-state index contributed by atoms with van der Waals surface area (Å²) in [6.07, 6.45) is 10.4. The Balaban J connectivity index is 0.00000148. The van der Waals surface area contributed by atoms with Crippen LogP contribution in [-0.4, -0.2) is 77.3 Å². The summed E-state index contributed by atoms with van der Waals surface area (Å²) in [6, 6.07) is 14.6. The van der Waals surface area contributed by atoms with Gasteiger partial charge in [-0.3, -0.25) is 4.79 Å². The summed E-state index contributed by atoms with van der Waals surface area (Å²) < 4.78 is 20.4. The molecular weight excluding hydrogens is 472 g/mol. The van der Waals surface area contributed by atoms with Gasteiger partial charge in [0.15, 0.2) is 0 Å². The number of aromatic amines is 1. The van der Waals surface area contributed by atoms with Crippen LogP contribution in [0.15, 0.2) is 47.4 Å². The van der Waals surface area contributed by atoms with E-state index >= 15 is 0 Å². The monoisotopic (exact) mass is 506 g/mol. The highest BCUT2D eigenvalue weighted by Crippen LogP contribution is 2.36. The van der Waals surface area contributed by atoms with Crippen molar-refractivity contribution in [1.29, 1.82) is 0 Å². The molecule has 0 aliphatic carbocycles. The van der Waals surface area contributed by atoms with Crippen LogP contribution in [0.1, 0.15) is 18.4 Å². The first kappa shape index (κ1) is 26.0. The van der Waals surface area contributed by atoms with Gasteiger partial charge in [0.25, 0.3) is 0 Å². The third kappa shape index (κ3) is 5.65. The number of morpholine rings is 1. The van der Waals surface area contributed by atoms with Gasteiger partial charge in [0.1, 0.15) is 11.0 Å². The molecule has 0 saturated carbocycles. The largest absolute Gasteiger partial charge is 0.378 e. The predicted octanol–water partition coefficient (Wildman–Crippen LogP) is 3.81. The van der Waals surface area contributed by atoms with Crippen molar-refractivity contribution in [2.75, 3.05) is 57.9 Å². The smallest absolute Gasteiger partial charge is 0.237 e. The minimum absolute atomic E-state index is 0.0148. The van der Waals surface area contributed by atoms with E-state index in [2.05, 4.69) is 60.0 Å². The number of fused-ring (bicyclic) bond motifs is 1. The summed E-state index contributed by atoms with van der Waals surface area (Å²) in [6.45, 7) is 6.57. The second kappa shape index (κ2) is 11.7. The maximum Gasteiger partial charge on any atom is 0.237 e. The Hall–Kier alpha value is -3.12. The SMILES string of the molecule is C#C.Cc1ccc2cc(-c3cc(S(=O)N(C)CC(=O)N4CCOCC4)ccc3N3CCCC3)[nH]c2c1. The van der Waals surface area contributed by atoms with Gasteiger partial charge < -0.3 is 19.5 Å². The number of aromatic nitrogens is 1. The molecule has 0 bridgehead atoms. The number of terminal acetylenes is 1. The fraction of sp³-hybridized carbons (Fsp3) is 0.393. The lowest BCUT2D eigenvalue weighted by Gasteiger charge is -2.28. The minimum Gasteiger partial charge on any atom is -0.378 e. The molecule has 1 aromatic heterocycles. The van der Waals surface area contributed by atoms with E-state index in [1.165, 1.54) is 18.4 Å². The molecule has 5 rings (SSSR count). The highest BCUT2D eigenvalue weighted by atomic mass is 32.2. The van der Waals surface area contributed by atoms with Crippen molar-refractivity contribution >= 4 is 33.5 Å². The molecule has 8 heteroatoms. The van der Waals surface area contributed by atoms with E-state index < -0.39 is 11.0 Å². The fourth-order valence-corrected chi connectivity index (χ4v) is 5.79. The van der Waals surface area contributed by atoms with Gasteiger partial charge in [-0.05, 0) is 55.7 Å². The first-order chi connectivity index (χ1) is 17.5. The van der Waals surface area contributed by atoms with Crippen LogP contribution in [0.3, 0.4) is 0 Å². The molecule has 1 N–H and O–H groups in total. The van der Waals surface area contributed by atoms with Gasteiger partial charge in [0.2, 0.25) is 5.91 Å². The van der Waals surface area contributed by atoms with Gasteiger partial charge in [-0.25, -0.2) is 8.51 Å². The van der Waals surface area contributed by atoms with E-state index in [1.807, 2.05) is 12.1 Å². The first-order valence-corrected chi connectivity index (χ1v) is 13.4. The second-order valence-corrected chi connectivity index (χ2v) is 10.8. The Morgan fingerprint density at radius 1 is 1.06 bits per heavy atom. The van der Waals surface area contributed by atoms with E-state index in [9.17, 15) is 9.00 Å².